The summed E-state index contributed by atoms with van der Waals surface area (Å²) in [4.78, 5) is 0. The van der Waals surface area contributed by atoms with Gasteiger partial charge in [0, 0.05) is 0 Å². The van der Waals surface area contributed by atoms with Crippen molar-refractivity contribution in [2.75, 3.05) is 0 Å². The Balaban J connectivity index is 3.43. The van der Waals surface area contributed by atoms with Crippen molar-refractivity contribution in [2.24, 2.45) is 0 Å². The topological polar surface area (TPSA) is 36.2 Å². The predicted octanol–water partition coefficient (Wildman–Crippen LogP) is 0.362. The van der Waals surface area contributed by atoms with E-state index in [1.165, 1.54) is 6.26 Å². The zero-order valence-corrected chi connectivity index (χ0v) is 6.59. The Morgan fingerprint density at radius 1 is 1.67 bits per heavy atom. The van der Waals surface area contributed by atoms with E-state index in [1.807, 2.05) is 0 Å². The first-order valence-corrected chi connectivity index (χ1v) is 3.33. The van der Waals surface area contributed by atoms with Gasteiger partial charge in [-0.25, -0.2) is 0 Å². The third-order valence-electron chi connectivity index (χ3n) is 1.01. The zero-order chi connectivity index (χ0) is 6.85. The molecule has 1 heterocycles. The fraction of sp³-hybridized carbons (Fsp3) is 0.167. The van der Waals surface area contributed by atoms with Gasteiger partial charge in [-0.15, -0.1) is 0 Å². The normalized spacial score (nSPS) is 9.44. The molecule has 1 aromatic rings. The Bertz CT molecular complexity index is 264. The average molecular weight is 188 g/mol. The zero-order valence-electron chi connectivity index (χ0n) is 4.88. The van der Waals surface area contributed by atoms with Gasteiger partial charge >= 0.3 is 59.9 Å². The van der Waals surface area contributed by atoms with Gasteiger partial charge in [-0.05, 0) is 0 Å². The third kappa shape index (κ3) is 1.23. The molecule has 3 heteroatoms. The van der Waals surface area contributed by atoms with Crippen LogP contribution >= 0.6 is 0 Å². The second-order valence-electron chi connectivity index (χ2n) is 1.67. The first kappa shape index (κ1) is 6.59. The van der Waals surface area contributed by atoms with Crippen LogP contribution in [0.2, 0.25) is 0 Å². The van der Waals surface area contributed by atoms with Crippen LogP contribution in [0.15, 0.2) is 16.7 Å². The number of rotatable bonds is 0. The molecule has 1 aromatic heterocycles. The van der Waals surface area contributed by atoms with Crippen LogP contribution in [0.5, 0.6) is 5.75 Å². The molecule has 0 N–H and O–H groups in total. The summed E-state index contributed by atoms with van der Waals surface area (Å²) in [5.74, 6) is 0.365. The van der Waals surface area contributed by atoms with Crippen molar-refractivity contribution < 1.29 is 9.52 Å². The summed E-state index contributed by atoms with van der Waals surface area (Å²) >= 11 is 2.64. The Kier molecular flexibility index (Phi) is 1.74. The summed E-state index contributed by atoms with van der Waals surface area (Å²) in [7, 11) is 0. The second kappa shape index (κ2) is 2.38. The van der Waals surface area contributed by atoms with Crippen molar-refractivity contribution in [3.63, 3.8) is 0 Å². The van der Waals surface area contributed by atoms with E-state index < -0.39 is 0 Å². The van der Waals surface area contributed by atoms with Gasteiger partial charge in [0.2, 0.25) is 0 Å². The summed E-state index contributed by atoms with van der Waals surface area (Å²) in [6.07, 6.45) is 1.49. The Morgan fingerprint density at radius 2 is 2.33 bits per heavy atom. The van der Waals surface area contributed by atoms with E-state index in [2.05, 4.69) is 15.6 Å². The molecule has 0 radical (unpaired) electrons. The molecule has 0 spiro atoms. The Hall–Kier alpha value is -0.531. The number of aryl methyl sites for hydroxylation is 1. The molecule has 0 saturated heterocycles. The Labute approximate surface area is 60.5 Å². The van der Waals surface area contributed by atoms with E-state index in [0.717, 1.165) is 0 Å². The van der Waals surface area contributed by atoms with Crippen LogP contribution in [0.25, 0.3) is 0 Å². The van der Waals surface area contributed by atoms with Gasteiger partial charge in [-0.2, -0.15) is 0 Å². The molecule has 0 amide bonds. The van der Waals surface area contributed by atoms with Crippen LogP contribution in [0.3, 0.4) is 0 Å². The standard InChI is InChI=1S/C6H6O2Se/c1-4-6(7)5(9)2-3-8-4/h2-3,7H,1H3/p-1. The molecule has 9 heavy (non-hydrogen) atoms. The molecule has 0 aromatic carbocycles. The summed E-state index contributed by atoms with van der Waals surface area (Å²) in [5, 5.41) is 10.8. The van der Waals surface area contributed by atoms with Crippen LogP contribution in [-0.4, -0.2) is 15.6 Å². The van der Waals surface area contributed by atoms with Gasteiger partial charge in [0.1, 0.15) is 0 Å². The van der Waals surface area contributed by atoms with E-state index in [-0.39, 0.29) is 5.75 Å². The molecule has 1 rings (SSSR count). The van der Waals surface area contributed by atoms with Gasteiger partial charge in [0.25, 0.3) is 0 Å². The minimum absolute atomic E-state index is 0.0579. The van der Waals surface area contributed by atoms with E-state index >= 15 is 0 Å². The number of hydrogen-bond acceptors (Lipinski definition) is 2. The van der Waals surface area contributed by atoms with E-state index in [9.17, 15) is 5.11 Å². The van der Waals surface area contributed by atoms with Crippen molar-refractivity contribution in [1.29, 1.82) is 0 Å². The SMILES string of the molecule is Cc1occc(=[Se])c1[O-]. The molecule has 0 fully saturated rings. The molecule has 0 aliphatic rings. The molecule has 48 valence electrons. The quantitative estimate of drug-likeness (QED) is 0.551. The molecular formula is C6H5O2Se-. The monoisotopic (exact) mass is 189 g/mol. The van der Waals surface area contributed by atoms with Crippen LogP contribution in [0.4, 0.5) is 0 Å². The van der Waals surface area contributed by atoms with Gasteiger partial charge in [0.15, 0.2) is 0 Å². The summed E-state index contributed by atoms with van der Waals surface area (Å²) < 4.78 is 5.42. The second-order valence-corrected chi connectivity index (χ2v) is 2.59. The first-order valence-electron chi connectivity index (χ1n) is 2.47. The van der Waals surface area contributed by atoms with Crippen molar-refractivity contribution >= 4 is 15.6 Å². The maximum atomic E-state index is 10.8. The van der Waals surface area contributed by atoms with Crippen LogP contribution in [0.1, 0.15) is 5.76 Å². The summed E-state index contributed by atoms with van der Waals surface area (Å²) in [6.45, 7) is 1.64. The van der Waals surface area contributed by atoms with Crippen molar-refractivity contribution in [1.82, 2.24) is 0 Å². The molecule has 0 aliphatic heterocycles. The Morgan fingerprint density at radius 3 is 2.78 bits per heavy atom. The molecule has 2 nitrogen and oxygen atoms in total. The molecule has 0 bridgehead atoms. The van der Waals surface area contributed by atoms with Crippen molar-refractivity contribution in [2.45, 2.75) is 6.92 Å². The molecule has 0 aliphatic carbocycles. The molecular weight excluding hydrogens is 183 g/mol. The summed E-state index contributed by atoms with van der Waals surface area (Å²) in [6, 6.07) is 1.61. The molecule has 0 unspecified atom stereocenters. The minimum atomic E-state index is -0.0579. The van der Waals surface area contributed by atoms with Crippen LogP contribution in [0, 0.1) is 11.0 Å². The third-order valence-corrected chi connectivity index (χ3v) is 1.68. The van der Waals surface area contributed by atoms with Crippen molar-refractivity contribution in [3.8, 4) is 5.75 Å². The van der Waals surface area contributed by atoms with Gasteiger partial charge in [-0.3, -0.25) is 0 Å². The number of hydrogen-bond donors (Lipinski definition) is 0. The average Bonchev–Trinajstić information content (AvgIpc) is 1.83. The van der Waals surface area contributed by atoms with Crippen LogP contribution < -0.4 is 5.11 Å². The van der Waals surface area contributed by atoms with Crippen LogP contribution in [-0.2, 0) is 0 Å². The summed E-state index contributed by atoms with van der Waals surface area (Å²) in [5.41, 5.74) is 0. The predicted molar refractivity (Wildman–Crippen MR) is 31.9 cm³/mol. The van der Waals surface area contributed by atoms with E-state index in [0.29, 0.717) is 9.82 Å². The van der Waals surface area contributed by atoms with E-state index in [1.54, 1.807) is 13.0 Å². The van der Waals surface area contributed by atoms with Gasteiger partial charge < -0.3 is 0 Å². The fourth-order valence-electron chi connectivity index (χ4n) is 0.501. The van der Waals surface area contributed by atoms with Gasteiger partial charge in [0.05, 0.1) is 0 Å². The first-order chi connectivity index (χ1) is 4.22. The van der Waals surface area contributed by atoms with E-state index in [4.69, 9.17) is 4.42 Å². The maximum absolute atomic E-state index is 10.8. The van der Waals surface area contributed by atoms with Crippen molar-refractivity contribution in [3.05, 3.63) is 22.2 Å². The fourth-order valence-corrected chi connectivity index (χ4v) is 0.919. The molecule has 0 atom stereocenters. The molecule has 0 saturated carbocycles. The van der Waals surface area contributed by atoms with Gasteiger partial charge in [-0.1, -0.05) is 0 Å².